The minimum atomic E-state index is -0.593. The van der Waals surface area contributed by atoms with Crippen molar-refractivity contribution in [1.29, 1.82) is 0 Å². The van der Waals surface area contributed by atoms with Gasteiger partial charge in [0, 0.05) is 11.9 Å². The van der Waals surface area contributed by atoms with Crippen molar-refractivity contribution in [3.05, 3.63) is 93.3 Å². The molecule has 0 aliphatic rings. The van der Waals surface area contributed by atoms with Gasteiger partial charge >= 0.3 is 11.7 Å². The van der Waals surface area contributed by atoms with Gasteiger partial charge in [-0.25, -0.2) is 9.59 Å². The number of ether oxygens (including phenoxy) is 2. The summed E-state index contributed by atoms with van der Waals surface area (Å²) in [5.41, 5.74) is 0.264. The number of para-hydroxylation sites is 1. The van der Waals surface area contributed by atoms with Crippen LogP contribution >= 0.6 is 0 Å². The average molecular weight is 381 g/mol. The average Bonchev–Trinajstić information content (AvgIpc) is 2.72. The topological polar surface area (TPSA) is 102 Å². The van der Waals surface area contributed by atoms with Gasteiger partial charge in [0.2, 0.25) is 0 Å². The molecule has 0 amide bonds. The Morgan fingerprint density at radius 3 is 2.36 bits per heavy atom. The predicted octanol–water partition coefficient (Wildman–Crippen LogP) is 2.11. The Balaban J connectivity index is 1.53. The summed E-state index contributed by atoms with van der Waals surface area (Å²) >= 11 is 0. The Morgan fingerprint density at radius 1 is 0.964 bits per heavy atom. The van der Waals surface area contributed by atoms with Gasteiger partial charge in [-0.3, -0.25) is 14.3 Å². The fourth-order valence-corrected chi connectivity index (χ4v) is 2.39. The molecule has 3 aromatic rings. The molecule has 8 heteroatoms. The molecule has 0 aliphatic heterocycles. The van der Waals surface area contributed by atoms with Crippen LogP contribution in [0.15, 0.2) is 76.4 Å². The second kappa shape index (κ2) is 9.33. The fraction of sp³-hybridized carbons (Fsp3) is 0.150. The molecule has 8 nitrogen and oxygen atoms in total. The van der Waals surface area contributed by atoms with E-state index in [0.717, 1.165) is 0 Å². The summed E-state index contributed by atoms with van der Waals surface area (Å²) < 4.78 is 11.7. The van der Waals surface area contributed by atoms with E-state index < -0.39 is 17.2 Å². The first-order valence-electron chi connectivity index (χ1n) is 8.59. The maximum absolute atomic E-state index is 12.0. The standard InChI is InChI=1S/C20H19N3O5/c24-18-17(21-16-9-5-2-6-10-16)13-23(20(26)22-18)14-27-11-12-28-19(25)15-7-3-1-4-8-15/h1-10,13,21H,11-12,14H2,(H,22,24,26). The van der Waals surface area contributed by atoms with Crippen molar-refractivity contribution in [3.63, 3.8) is 0 Å². The van der Waals surface area contributed by atoms with Gasteiger partial charge < -0.3 is 14.8 Å². The zero-order valence-electron chi connectivity index (χ0n) is 15.0. The normalized spacial score (nSPS) is 10.4. The van der Waals surface area contributed by atoms with E-state index in [4.69, 9.17) is 9.47 Å². The molecule has 0 fully saturated rings. The molecule has 1 heterocycles. The molecule has 0 radical (unpaired) electrons. The van der Waals surface area contributed by atoms with Crippen molar-refractivity contribution in [2.75, 3.05) is 18.5 Å². The van der Waals surface area contributed by atoms with E-state index in [0.29, 0.717) is 11.3 Å². The van der Waals surface area contributed by atoms with Crippen LogP contribution in [0.2, 0.25) is 0 Å². The van der Waals surface area contributed by atoms with Gasteiger partial charge in [-0.2, -0.15) is 0 Å². The number of benzene rings is 2. The summed E-state index contributed by atoms with van der Waals surface area (Å²) in [5, 5.41) is 2.95. The number of hydrogen-bond donors (Lipinski definition) is 2. The lowest BCUT2D eigenvalue weighted by molar-refractivity contribution is 0.0163. The lowest BCUT2D eigenvalue weighted by atomic mass is 10.2. The molecule has 0 bridgehead atoms. The highest BCUT2D eigenvalue weighted by molar-refractivity contribution is 5.89. The predicted molar refractivity (Wildman–Crippen MR) is 104 cm³/mol. The van der Waals surface area contributed by atoms with Crippen LogP contribution in [0.25, 0.3) is 0 Å². The maximum atomic E-state index is 12.0. The molecule has 3 rings (SSSR count). The van der Waals surface area contributed by atoms with E-state index in [1.807, 2.05) is 24.3 Å². The Bertz CT molecular complexity index is 1030. The number of anilines is 2. The number of aromatic nitrogens is 2. The molecule has 2 N–H and O–H groups in total. The van der Waals surface area contributed by atoms with E-state index in [-0.39, 0.29) is 25.6 Å². The molecular formula is C20H19N3O5. The van der Waals surface area contributed by atoms with Crippen LogP contribution < -0.4 is 16.6 Å². The number of hydrogen-bond acceptors (Lipinski definition) is 6. The van der Waals surface area contributed by atoms with Crippen LogP contribution in [0.3, 0.4) is 0 Å². The molecule has 28 heavy (non-hydrogen) atoms. The third kappa shape index (κ3) is 5.18. The van der Waals surface area contributed by atoms with Crippen molar-refractivity contribution >= 4 is 17.3 Å². The summed E-state index contributed by atoms with van der Waals surface area (Å²) in [7, 11) is 0. The first-order valence-corrected chi connectivity index (χ1v) is 8.59. The summed E-state index contributed by atoms with van der Waals surface area (Å²) in [6.07, 6.45) is 1.38. The number of rotatable bonds is 8. The molecule has 144 valence electrons. The van der Waals surface area contributed by atoms with E-state index in [9.17, 15) is 14.4 Å². The smallest absolute Gasteiger partial charge is 0.338 e. The molecule has 0 unspecified atom stereocenters. The van der Waals surface area contributed by atoms with Crippen LogP contribution in [-0.4, -0.2) is 28.7 Å². The van der Waals surface area contributed by atoms with E-state index in [1.165, 1.54) is 10.8 Å². The fourth-order valence-electron chi connectivity index (χ4n) is 2.39. The lowest BCUT2D eigenvalue weighted by Gasteiger charge is -2.10. The summed E-state index contributed by atoms with van der Waals surface area (Å²) in [5.74, 6) is -0.445. The van der Waals surface area contributed by atoms with Crippen molar-refractivity contribution < 1.29 is 14.3 Å². The third-order valence-electron chi connectivity index (χ3n) is 3.76. The Kier molecular flexibility index (Phi) is 6.37. The van der Waals surface area contributed by atoms with Crippen LogP contribution in [0, 0.1) is 0 Å². The number of nitrogens with one attached hydrogen (secondary N) is 2. The van der Waals surface area contributed by atoms with Crippen LogP contribution in [-0.2, 0) is 16.2 Å². The zero-order chi connectivity index (χ0) is 19.8. The monoisotopic (exact) mass is 381 g/mol. The minimum absolute atomic E-state index is 0.0426. The number of H-pyrrole nitrogens is 1. The number of carbonyl (C=O) groups is 1. The van der Waals surface area contributed by atoms with Gasteiger partial charge in [0.1, 0.15) is 19.0 Å². The Morgan fingerprint density at radius 2 is 1.64 bits per heavy atom. The van der Waals surface area contributed by atoms with E-state index in [2.05, 4.69) is 10.3 Å². The summed E-state index contributed by atoms with van der Waals surface area (Å²) in [6.45, 7) is 0.0501. The Hall–Kier alpha value is -3.65. The lowest BCUT2D eigenvalue weighted by Crippen LogP contribution is -2.31. The quantitative estimate of drug-likeness (QED) is 0.458. The van der Waals surface area contributed by atoms with Crippen LogP contribution in [0.5, 0.6) is 0 Å². The minimum Gasteiger partial charge on any atom is -0.460 e. The molecule has 0 saturated carbocycles. The summed E-state index contributed by atoms with van der Waals surface area (Å²) in [4.78, 5) is 37.9. The van der Waals surface area contributed by atoms with Gasteiger partial charge in [-0.15, -0.1) is 0 Å². The highest BCUT2D eigenvalue weighted by Crippen LogP contribution is 2.10. The summed E-state index contributed by atoms with van der Waals surface area (Å²) in [6, 6.07) is 17.7. The van der Waals surface area contributed by atoms with Gasteiger partial charge in [0.15, 0.2) is 0 Å². The second-order valence-electron chi connectivity index (χ2n) is 5.80. The molecule has 0 aliphatic carbocycles. The highest BCUT2D eigenvalue weighted by atomic mass is 16.6. The van der Waals surface area contributed by atoms with Crippen molar-refractivity contribution in [2.45, 2.75) is 6.73 Å². The van der Waals surface area contributed by atoms with E-state index in [1.54, 1.807) is 36.4 Å². The number of carbonyl (C=O) groups excluding carboxylic acids is 1. The van der Waals surface area contributed by atoms with Crippen LogP contribution in [0.1, 0.15) is 10.4 Å². The van der Waals surface area contributed by atoms with Gasteiger partial charge in [0.25, 0.3) is 5.56 Å². The molecule has 0 spiro atoms. The molecule has 2 aromatic carbocycles. The number of esters is 1. The number of nitrogens with zero attached hydrogens (tertiary/aromatic N) is 1. The largest absolute Gasteiger partial charge is 0.460 e. The first kappa shape index (κ1) is 19.1. The Labute approximate surface area is 160 Å². The van der Waals surface area contributed by atoms with Crippen LogP contribution in [0.4, 0.5) is 11.4 Å². The third-order valence-corrected chi connectivity index (χ3v) is 3.76. The SMILES string of the molecule is O=C(OCCOCn1cc(Nc2ccccc2)c(=O)[nH]c1=O)c1ccccc1. The second-order valence-corrected chi connectivity index (χ2v) is 5.80. The van der Waals surface area contributed by atoms with Crippen molar-refractivity contribution in [3.8, 4) is 0 Å². The van der Waals surface area contributed by atoms with Gasteiger partial charge in [0.05, 0.1) is 12.2 Å². The zero-order valence-corrected chi connectivity index (χ0v) is 15.0. The molecule has 0 atom stereocenters. The van der Waals surface area contributed by atoms with Gasteiger partial charge in [-0.05, 0) is 24.3 Å². The molecule has 0 saturated heterocycles. The van der Waals surface area contributed by atoms with Crippen molar-refractivity contribution in [1.82, 2.24) is 9.55 Å². The highest BCUT2D eigenvalue weighted by Gasteiger charge is 2.07. The number of aromatic amines is 1. The maximum Gasteiger partial charge on any atom is 0.338 e. The van der Waals surface area contributed by atoms with Crippen molar-refractivity contribution in [2.24, 2.45) is 0 Å². The van der Waals surface area contributed by atoms with E-state index >= 15 is 0 Å². The molecular weight excluding hydrogens is 362 g/mol. The van der Waals surface area contributed by atoms with Gasteiger partial charge in [-0.1, -0.05) is 36.4 Å². The first-order chi connectivity index (χ1) is 13.6. The molecule has 1 aromatic heterocycles.